The summed E-state index contributed by atoms with van der Waals surface area (Å²) < 4.78 is 11.2. The van der Waals surface area contributed by atoms with Crippen molar-refractivity contribution in [3.05, 3.63) is 16.6 Å². The zero-order valence-electron chi connectivity index (χ0n) is 11.6. The molecule has 1 saturated carbocycles. The Balaban J connectivity index is 2.14. The second kappa shape index (κ2) is 6.45. The smallest absolute Gasteiger partial charge is 0.227 e. The number of anilines is 1. The van der Waals surface area contributed by atoms with Crippen LogP contribution in [0, 0.1) is 5.92 Å². The van der Waals surface area contributed by atoms with E-state index in [1.54, 1.807) is 26.4 Å². The molecule has 0 aromatic heterocycles. The van der Waals surface area contributed by atoms with Gasteiger partial charge in [-0.1, -0.05) is 0 Å². The number of nitrogens with two attached hydrogens (primary N) is 1. The number of methoxy groups -OCH3 is 2. The van der Waals surface area contributed by atoms with Gasteiger partial charge in [-0.3, -0.25) is 4.79 Å². The monoisotopic (exact) mass is 342 g/mol. The summed E-state index contributed by atoms with van der Waals surface area (Å²) in [7, 11) is 3.13. The van der Waals surface area contributed by atoms with Gasteiger partial charge in [0.15, 0.2) is 11.5 Å². The van der Waals surface area contributed by atoms with Crippen molar-refractivity contribution in [3.63, 3.8) is 0 Å². The van der Waals surface area contributed by atoms with Crippen molar-refractivity contribution in [2.24, 2.45) is 11.7 Å². The van der Waals surface area contributed by atoms with E-state index in [-0.39, 0.29) is 17.9 Å². The number of ether oxygens (including phenoxy) is 2. The Hall–Kier alpha value is -1.27. The van der Waals surface area contributed by atoms with E-state index in [2.05, 4.69) is 21.2 Å². The molecule has 1 fully saturated rings. The molecule has 3 N–H and O–H groups in total. The van der Waals surface area contributed by atoms with Crippen molar-refractivity contribution in [1.82, 2.24) is 0 Å². The van der Waals surface area contributed by atoms with Crippen molar-refractivity contribution in [2.45, 2.75) is 25.3 Å². The van der Waals surface area contributed by atoms with Crippen LogP contribution in [-0.4, -0.2) is 26.2 Å². The second-order valence-electron chi connectivity index (χ2n) is 4.95. The molecule has 0 heterocycles. The topological polar surface area (TPSA) is 73.6 Å². The summed E-state index contributed by atoms with van der Waals surface area (Å²) in [6.07, 6.45) is 2.50. The molecule has 20 heavy (non-hydrogen) atoms. The second-order valence-corrected chi connectivity index (χ2v) is 5.80. The van der Waals surface area contributed by atoms with Gasteiger partial charge in [-0.25, -0.2) is 0 Å². The fraction of sp³-hybridized carbons (Fsp3) is 0.500. The van der Waals surface area contributed by atoms with Gasteiger partial charge in [0, 0.05) is 28.6 Å². The van der Waals surface area contributed by atoms with Gasteiger partial charge in [-0.2, -0.15) is 0 Å². The molecule has 1 aromatic carbocycles. The standard InChI is InChI=1S/C14H19BrN2O3/c1-19-12-6-10(15)11(7-13(12)20-2)17-14(18)8-3-4-9(16)5-8/h6-9H,3-5,16H2,1-2H3,(H,17,18). The third-order valence-corrected chi connectivity index (χ3v) is 4.23. The Labute approximate surface area is 126 Å². The highest BCUT2D eigenvalue weighted by molar-refractivity contribution is 9.10. The fourth-order valence-electron chi connectivity index (χ4n) is 2.44. The highest BCUT2D eigenvalue weighted by atomic mass is 79.9. The Kier molecular flexibility index (Phi) is 4.88. The number of hydrogen-bond donors (Lipinski definition) is 2. The maximum atomic E-state index is 12.2. The minimum Gasteiger partial charge on any atom is -0.493 e. The molecule has 0 bridgehead atoms. The van der Waals surface area contributed by atoms with Crippen molar-refractivity contribution >= 4 is 27.5 Å². The van der Waals surface area contributed by atoms with Crippen molar-refractivity contribution < 1.29 is 14.3 Å². The lowest BCUT2D eigenvalue weighted by atomic mass is 10.1. The minimum absolute atomic E-state index is 0.00544. The number of amides is 1. The maximum Gasteiger partial charge on any atom is 0.227 e. The summed E-state index contributed by atoms with van der Waals surface area (Å²) >= 11 is 3.43. The van der Waals surface area contributed by atoms with Crippen LogP contribution in [0.3, 0.4) is 0 Å². The minimum atomic E-state index is -0.00926. The summed E-state index contributed by atoms with van der Waals surface area (Å²) in [5, 5.41) is 2.92. The zero-order valence-corrected chi connectivity index (χ0v) is 13.2. The van der Waals surface area contributed by atoms with Gasteiger partial charge < -0.3 is 20.5 Å². The van der Waals surface area contributed by atoms with Crippen molar-refractivity contribution in [2.75, 3.05) is 19.5 Å². The average Bonchev–Trinajstić information content (AvgIpc) is 2.87. The van der Waals surface area contributed by atoms with Crippen LogP contribution in [0.5, 0.6) is 11.5 Å². The van der Waals surface area contributed by atoms with Gasteiger partial charge in [-0.15, -0.1) is 0 Å². The van der Waals surface area contributed by atoms with Gasteiger partial charge in [0.2, 0.25) is 5.91 Å². The average molecular weight is 343 g/mol. The molecule has 6 heteroatoms. The van der Waals surface area contributed by atoms with Gasteiger partial charge >= 0.3 is 0 Å². The third-order valence-electron chi connectivity index (χ3n) is 3.58. The van der Waals surface area contributed by atoms with Gasteiger partial charge in [0.1, 0.15) is 0 Å². The molecule has 2 rings (SSSR count). The van der Waals surface area contributed by atoms with Crippen LogP contribution in [0.15, 0.2) is 16.6 Å². The Morgan fingerprint density at radius 2 is 1.95 bits per heavy atom. The quantitative estimate of drug-likeness (QED) is 0.881. The molecular formula is C14H19BrN2O3. The van der Waals surface area contributed by atoms with Crippen molar-refractivity contribution in [3.8, 4) is 11.5 Å². The van der Waals surface area contributed by atoms with Crippen LogP contribution in [-0.2, 0) is 4.79 Å². The first-order chi connectivity index (χ1) is 9.55. The predicted molar refractivity (Wildman–Crippen MR) is 81.2 cm³/mol. The normalized spacial score (nSPS) is 21.6. The summed E-state index contributed by atoms with van der Waals surface area (Å²) in [6, 6.07) is 3.66. The Morgan fingerprint density at radius 1 is 1.30 bits per heavy atom. The molecule has 0 radical (unpaired) electrons. The van der Waals surface area contributed by atoms with Gasteiger partial charge in [0.05, 0.1) is 19.9 Å². The van der Waals surface area contributed by atoms with Crippen LogP contribution in [0.4, 0.5) is 5.69 Å². The Morgan fingerprint density at radius 3 is 2.50 bits per heavy atom. The number of nitrogens with one attached hydrogen (secondary N) is 1. The molecule has 2 atom stereocenters. The largest absolute Gasteiger partial charge is 0.493 e. The predicted octanol–water partition coefficient (Wildman–Crippen LogP) is 2.53. The summed E-state index contributed by atoms with van der Waals surface area (Å²) in [5.74, 6) is 1.19. The molecule has 1 aromatic rings. The molecule has 0 saturated heterocycles. The van der Waals surface area contributed by atoms with E-state index in [0.29, 0.717) is 17.2 Å². The summed E-state index contributed by atoms with van der Waals surface area (Å²) in [5.41, 5.74) is 6.52. The first-order valence-electron chi connectivity index (χ1n) is 6.53. The van der Waals surface area contributed by atoms with Crippen LogP contribution >= 0.6 is 15.9 Å². The van der Waals surface area contributed by atoms with Crippen LogP contribution in [0.25, 0.3) is 0 Å². The number of carbonyl (C=O) groups excluding carboxylic acids is 1. The lowest BCUT2D eigenvalue weighted by Crippen LogP contribution is -2.23. The molecule has 0 aliphatic heterocycles. The molecular weight excluding hydrogens is 324 g/mol. The first-order valence-corrected chi connectivity index (χ1v) is 7.32. The molecule has 0 spiro atoms. The van der Waals surface area contributed by atoms with E-state index < -0.39 is 0 Å². The number of hydrogen-bond acceptors (Lipinski definition) is 4. The number of benzene rings is 1. The molecule has 110 valence electrons. The highest BCUT2D eigenvalue weighted by Crippen LogP contribution is 2.37. The van der Waals surface area contributed by atoms with Crippen molar-refractivity contribution in [1.29, 1.82) is 0 Å². The molecule has 2 unspecified atom stereocenters. The number of halogens is 1. The van der Waals surface area contributed by atoms with Crippen LogP contribution in [0.1, 0.15) is 19.3 Å². The molecule has 1 aliphatic carbocycles. The van der Waals surface area contributed by atoms with E-state index in [1.807, 2.05) is 0 Å². The summed E-state index contributed by atoms with van der Waals surface area (Å²) in [4.78, 5) is 12.2. The molecule has 1 aliphatic rings. The fourth-order valence-corrected chi connectivity index (χ4v) is 2.86. The van der Waals surface area contributed by atoms with E-state index >= 15 is 0 Å². The lowest BCUT2D eigenvalue weighted by molar-refractivity contribution is -0.119. The van der Waals surface area contributed by atoms with Crippen LogP contribution in [0.2, 0.25) is 0 Å². The van der Waals surface area contributed by atoms with E-state index in [0.717, 1.165) is 23.7 Å². The van der Waals surface area contributed by atoms with E-state index in [1.165, 1.54) is 0 Å². The van der Waals surface area contributed by atoms with Crippen LogP contribution < -0.4 is 20.5 Å². The van der Waals surface area contributed by atoms with E-state index in [4.69, 9.17) is 15.2 Å². The van der Waals surface area contributed by atoms with Gasteiger partial charge in [0.25, 0.3) is 0 Å². The number of carbonyl (C=O) groups is 1. The molecule has 1 amide bonds. The Bertz CT molecular complexity index is 507. The first kappa shape index (κ1) is 15.1. The van der Waals surface area contributed by atoms with E-state index in [9.17, 15) is 4.79 Å². The summed E-state index contributed by atoms with van der Waals surface area (Å²) in [6.45, 7) is 0. The molecule has 5 nitrogen and oxygen atoms in total. The lowest BCUT2D eigenvalue weighted by Gasteiger charge is -2.15. The zero-order chi connectivity index (χ0) is 14.7. The highest BCUT2D eigenvalue weighted by Gasteiger charge is 2.28. The third kappa shape index (κ3) is 3.24. The maximum absolute atomic E-state index is 12.2. The van der Waals surface area contributed by atoms with Gasteiger partial charge in [-0.05, 0) is 35.2 Å². The number of rotatable bonds is 4. The SMILES string of the molecule is COc1cc(Br)c(NC(=O)C2CCC(N)C2)cc1OC.